The molecule has 1 saturated heterocycles. The Bertz CT molecular complexity index is 356. The average Bonchev–Trinajstić information content (AvgIpc) is 2.40. The normalized spacial score (nSPS) is 17.6. The van der Waals surface area contributed by atoms with Gasteiger partial charge in [0.15, 0.2) is 0 Å². The molecule has 0 radical (unpaired) electrons. The van der Waals surface area contributed by atoms with Gasteiger partial charge < -0.3 is 15.5 Å². The smallest absolute Gasteiger partial charge is 0.0205 e. The second-order valence-electron chi connectivity index (χ2n) is 6.28. The molecule has 1 aliphatic rings. The van der Waals surface area contributed by atoms with Gasteiger partial charge in [-0.1, -0.05) is 44.2 Å². The Hall–Kier alpha value is -0.900. The van der Waals surface area contributed by atoms with E-state index in [0.717, 1.165) is 26.2 Å². The maximum atomic E-state index is 3.59. The number of hydrogen-bond donors (Lipinski definition) is 2. The average molecular weight is 261 g/mol. The van der Waals surface area contributed by atoms with E-state index in [2.05, 4.69) is 59.7 Å². The van der Waals surface area contributed by atoms with E-state index in [4.69, 9.17) is 0 Å². The van der Waals surface area contributed by atoms with E-state index >= 15 is 0 Å². The van der Waals surface area contributed by atoms with Crippen molar-refractivity contribution in [2.75, 3.05) is 39.3 Å². The van der Waals surface area contributed by atoms with E-state index < -0.39 is 0 Å². The molecular weight excluding hydrogens is 234 g/mol. The van der Waals surface area contributed by atoms with Crippen molar-refractivity contribution in [1.29, 1.82) is 0 Å². The number of benzene rings is 1. The van der Waals surface area contributed by atoms with Crippen molar-refractivity contribution in [1.82, 2.24) is 15.5 Å². The molecule has 3 nitrogen and oxygen atoms in total. The number of nitrogens with one attached hydrogen (secondary N) is 2. The molecule has 106 valence electrons. The maximum absolute atomic E-state index is 3.59. The Morgan fingerprint density at radius 1 is 1.16 bits per heavy atom. The lowest BCUT2D eigenvalue weighted by Crippen LogP contribution is -2.48. The number of nitrogens with zero attached hydrogens (tertiary/aromatic N) is 1. The molecule has 0 saturated carbocycles. The van der Waals surface area contributed by atoms with Crippen LogP contribution in [0, 0.1) is 5.41 Å². The molecule has 0 aromatic heterocycles. The van der Waals surface area contributed by atoms with Crippen molar-refractivity contribution in [3.8, 4) is 0 Å². The lowest BCUT2D eigenvalue weighted by Gasteiger charge is -2.35. The molecule has 2 N–H and O–H groups in total. The van der Waals surface area contributed by atoms with Crippen molar-refractivity contribution >= 4 is 0 Å². The van der Waals surface area contributed by atoms with Crippen LogP contribution in [0.15, 0.2) is 30.3 Å². The van der Waals surface area contributed by atoms with Gasteiger partial charge >= 0.3 is 0 Å². The third kappa shape index (κ3) is 5.31. The summed E-state index contributed by atoms with van der Waals surface area (Å²) in [6, 6.07) is 10.6. The molecule has 0 amide bonds. The number of rotatable bonds is 6. The van der Waals surface area contributed by atoms with Crippen LogP contribution in [0.1, 0.15) is 19.4 Å². The Morgan fingerprint density at radius 3 is 2.53 bits per heavy atom. The topological polar surface area (TPSA) is 27.3 Å². The van der Waals surface area contributed by atoms with E-state index in [-0.39, 0.29) is 0 Å². The molecular formula is C16H27N3. The Labute approximate surface area is 117 Å². The second kappa shape index (κ2) is 7.04. The molecule has 0 atom stereocenters. The third-order valence-corrected chi connectivity index (χ3v) is 3.64. The van der Waals surface area contributed by atoms with Crippen molar-refractivity contribution in [3.05, 3.63) is 35.9 Å². The van der Waals surface area contributed by atoms with E-state index in [0.29, 0.717) is 5.41 Å². The zero-order chi connectivity index (χ0) is 13.6. The van der Waals surface area contributed by atoms with Gasteiger partial charge in [-0.25, -0.2) is 0 Å². The summed E-state index contributed by atoms with van der Waals surface area (Å²) in [7, 11) is 0. The van der Waals surface area contributed by atoms with Crippen molar-refractivity contribution in [2.45, 2.75) is 20.4 Å². The standard InChI is InChI=1S/C16H27N3/c1-16(2,14-19-10-8-17-9-11-19)13-18-12-15-6-4-3-5-7-15/h3-7,17-18H,8-14H2,1-2H3. The van der Waals surface area contributed by atoms with Gasteiger partial charge in [0.05, 0.1) is 0 Å². The molecule has 1 fully saturated rings. The monoisotopic (exact) mass is 261 g/mol. The molecule has 1 heterocycles. The summed E-state index contributed by atoms with van der Waals surface area (Å²) in [5, 5.41) is 7.00. The fourth-order valence-corrected chi connectivity index (χ4v) is 2.67. The molecule has 3 heteroatoms. The molecule has 0 aliphatic carbocycles. The van der Waals surface area contributed by atoms with E-state index in [1.807, 2.05) is 0 Å². The van der Waals surface area contributed by atoms with E-state index in [1.165, 1.54) is 25.2 Å². The molecule has 0 unspecified atom stereocenters. The highest BCUT2D eigenvalue weighted by molar-refractivity contribution is 5.14. The fourth-order valence-electron chi connectivity index (χ4n) is 2.67. The van der Waals surface area contributed by atoms with E-state index in [1.54, 1.807) is 0 Å². The van der Waals surface area contributed by atoms with Crippen LogP contribution in [0.3, 0.4) is 0 Å². The Kier molecular flexibility index (Phi) is 5.37. The second-order valence-corrected chi connectivity index (χ2v) is 6.28. The minimum atomic E-state index is 0.326. The summed E-state index contributed by atoms with van der Waals surface area (Å²) in [5.74, 6) is 0. The zero-order valence-electron chi connectivity index (χ0n) is 12.3. The third-order valence-electron chi connectivity index (χ3n) is 3.64. The first-order chi connectivity index (χ1) is 9.16. The summed E-state index contributed by atoms with van der Waals surface area (Å²) in [4.78, 5) is 2.57. The maximum Gasteiger partial charge on any atom is 0.0205 e. The minimum absolute atomic E-state index is 0.326. The predicted octanol–water partition coefficient (Wildman–Crippen LogP) is 1.71. The van der Waals surface area contributed by atoms with Gasteiger partial charge in [-0.2, -0.15) is 0 Å². The molecule has 19 heavy (non-hydrogen) atoms. The van der Waals surface area contributed by atoms with Crippen LogP contribution in [0.5, 0.6) is 0 Å². The van der Waals surface area contributed by atoms with Crippen LogP contribution in [-0.4, -0.2) is 44.2 Å². The van der Waals surface area contributed by atoms with Gasteiger partial charge in [0.25, 0.3) is 0 Å². The number of hydrogen-bond acceptors (Lipinski definition) is 3. The van der Waals surface area contributed by atoms with Gasteiger partial charge in [-0.3, -0.25) is 0 Å². The summed E-state index contributed by atoms with van der Waals surface area (Å²) < 4.78 is 0. The quantitative estimate of drug-likeness (QED) is 0.816. The first-order valence-electron chi connectivity index (χ1n) is 7.33. The van der Waals surface area contributed by atoms with E-state index in [9.17, 15) is 0 Å². The summed E-state index contributed by atoms with van der Waals surface area (Å²) >= 11 is 0. The largest absolute Gasteiger partial charge is 0.314 e. The number of piperazine rings is 1. The first-order valence-corrected chi connectivity index (χ1v) is 7.33. The summed E-state index contributed by atoms with van der Waals surface area (Å²) in [6.07, 6.45) is 0. The van der Waals surface area contributed by atoms with Crippen LogP contribution in [0.4, 0.5) is 0 Å². The molecule has 0 spiro atoms. The van der Waals surface area contributed by atoms with Crippen LogP contribution in [-0.2, 0) is 6.54 Å². The van der Waals surface area contributed by atoms with Gasteiger partial charge in [0, 0.05) is 45.8 Å². The summed E-state index contributed by atoms with van der Waals surface area (Å²) in [5.41, 5.74) is 1.69. The van der Waals surface area contributed by atoms with Gasteiger partial charge in [0.2, 0.25) is 0 Å². The van der Waals surface area contributed by atoms with Crippen molar-refractivity contribution < 1.29 is 0 Å². The molecule has 1 aliphatic heterocycles. The molecule has 0 bridgehead atoms. The Balaban J connectivity index is 1.71. The van der Waals surface area contributed by atoms with Crippen LogP contribution in [0.25, 0.3) is 0 Å². The fraction of sp³-hybridized carbons (Fsp3) is 0.625. The van der Waals surface area contributed by atoms with Crippen LogP contribution >= 0.6 is 0 Å². The minimum Gasteiger partial charge on any atom is -0.314 e. The summed E-state index contributed by atoms with van der Waals surface area (Å²) in [6.45, 7) is 12.5. The first kappa shape index (κ1) is 14.5. The van der Waals surface area contributed by atoms with Crippen molar-refractivity contribution in [2.24, 2.45) is 5.41 Å². The van der Waals surface area contributed by atoms with Gasteiger partial charge in [-0.15, -0.1) is 0 Å². The molecule has 2 rings (SSSR count). The van der Waals surface area contributed by atoms with Crippen molar-refractivity contribution in [3.63, 3.8) is 0 Å². The highest BCUT2D eigenvalue weighted by Crippen LogP contribution is 2.16. The van der Waals surface area contributed by atoms with Crippen LogP contribution in [0.2, 0.25) is 0 Å². The highest BCUT2D eigenvalue weighted by atomic mass is 15.2. The van der Waals surface area contributed by atoms with Gasteiger partial charge in [-0.05, 0) is 11.0 Å². The highest BCUT2D eigenvalue weighted by Gasteiger charge is 2.22. The molecule has 1 aromatic carbocycles. The lowest BCUT2D eigenvalue weighted by atomic mass is 9.92. The SMILES string of the molecule is CC(C)(CNCc1ccccc1)CN1CCNCC1. The molecule has 1 aromatic rings. The van der Waals surface area contributed by atoms with Gasteiger partial charge in [0.1, 0.15) is 0 Å². The zero-order valence-corrected chi connectivity index (χ0v) is 12.3. The Morgan fingerprint density at radius 2 is 1.84 bits per heavy atom. The lowest BCUT2D eigenvalue weighted by molar-refractivity contribution is 0.158. The van der Waals surface area contributed by atoms with Crippen LogP contribution < -0.4 is 10.6 Å². The predicted molar refractivity (Wildman–Crippen MR) is 81.2 cm³/mol.